The Balaban J connectivity index is 1.76. The van der Waals surface area contributed by atoms with Crippen LogP contribution >= 0.6 is 11.3 Å². The van der Waals surface area contributed by atoms with E-state index >= 15 is 0 Å². The van der Waals surface area contributed by atoms with E-state index in [1.165, 1.54) is 6.33 Å². The summed E-state index contributed by atoms with van der Waals surface area (Å²) in [4.78, 5) is 30.9. The van der Waals surface area contributed by atoms with E-state index < -0.39 is 0 Å². The van der Waals surface area contributed by atoms with Crippen LogP contribution in [0.3, 0.4) is 0 Å². The van der Waals surface area contributed by atoms with Crippen molar-refractivity contribution >= 4 is 11.3 Å². The molecule has 0 radical (unpaired) electrons. The second-order valence-electron chi connectivity index (χ2n) is 4.90. The zero-order valence-electron chi connectivity index (χ0n) is 12.7. The molecule has 0 aliphatic heterocycles. The SMILES string of the molecule is Cc1nc(-c2cncnc2)sc1-c1ccnc(-c2ncccn2)n1. The van der Waals surface area contributed by atoms with E-state index in [9.17, 15) is 0 Å². The largest absolute Gasteiger partial charge is 0.244 e. The van der Waals surface area contributed by atoms with E-state index in [0.717, 1.165) is 26.8 Å². The highest BCUT2D eigenvalue weighted by molar-refractivity contribution is 7.18. The molecule has 116 valence electrons. The Morgan fingerprint density at radius 3 is 2.42 bits per heavy atom. The molecule has 4 aromatic heterocycles. The first-order valence-corrected chi connectivity index (χ1v) is 7.96. The fourth-order valence-corrected chi connectivity index (χ4v) is 3.19. The summed E-state index contributed by atoms with van der Waals surface area (Å²) in [5.74, 6) is 0.990. The molecule has 0 saturated carbocycles. The van der Waals surface area contributed by atoms with Gasteiger partial charge in [-0.15, -0.1) is 11.3 Å². The maximum absolute atomic E-state index is 4.61. The average molecular weight is 333 g/mol. The van der Waals surface area contributed by atoms with Gasteiger partial charge in [0.1, 0.15) is 11.3 Å². The third-order valence-corrected chi connectivity index (χ3v) is 4.49. The number of aryl methyl sites for hydroxylation is 1. The topological polar surface area (TPSA) is 90.2 Å². The molecule has 4 heterocycles. The van der Waals surface area contributed by atoms with Crippen LogP contribution in [0.15, 0.2) is 49.4 Å². The number of rotatable bonds is 3. The number of thiazole rings is 1. The van der Waals surface area contributed by atoms with Crippen LogP contribution in [0.25, 0.3) is 32.8 Å². The summed E-state index contributed by atoms with van der Waals surface area (Å²) in [5, 5.41) is 0.860. The van der Waals surface area contributed by atoms with Crippen molar-refractivity contribution in [2.75, 3.05) is 0 Å². The Bertz CT molecular complexity index is 970. The number of aromatic nitrogens is 7. The summed E-state index contributed by atoms with van der Waals surface area (Å²) in [6, 6.07) is 3.62. The first-order chi connectivity index (χ1) is 11.8. The van der Waals surface area contributed by atoms with Crippen LogP contribution in [0, 0.1) is 6.92 Å². The summed E-state index contributed by atoms with van der Waals surface area (Å²) < 4.78 is 0. The lowest BCUT2D eigenvalue weighted by Crippen LogP contribution is -1.95. The highest BCUT2D eigenvalue weighted by Gasteiger charge is 2.14. The Labute approximate surface area is 141 Å². The quantitative estimate of drug-likeness (QED) is 0.569. The minimum atomic E-state index is 0.491. The molecule has 0 bridgehead atoms. The normalized spacial score (nSPS) is 10.7. The Hall–Kier alpha value is -3.13. The van der Waals surface area contributed by atoms with Gasteiger partial charge in [0.2, 0.25) is 0 Å². The van der Waals surface area contributed by atoms with Gasteiger partial charge in [-0.05, 0) is 19.1 Å². The fourth-order valence-electron chi connectivity index (χ4n) is 2.17. The van der Waals surface area contributed by atoms with Gasteiger partial charge in [0, 0.05) is 36.5 Å². The van der Waals surface area contributed by atoms with Crippen molar-refractivity contribution in [2.24, 2.45) is 0 Å². The van der Waals surface area contributed by atoms with Crippen LogP contribution in [0.1, 0.15) is 5.69 Å². The molecule has 0 atom stereocenters. The van der Waals surface area contributed by atoms with Gasteiger partial charge in [-0.1, -0.05) is 0 Å². The first-order valence-electron chi connectivity index (χ1n) is 7.15. The van der Waals surface area contributed by atoms with Crippen molar-refractivity contribution in [3.05, 3.63) is 55.1 Å². The van der Waals surface area contributed by atoms with Crippen molar-refractivity contribution < 1.29 is 0 Å². The molecule has 24 heavy (non-hydrogen) atoms. The van der Waals surface area contributed by atoms with Crippen molar-refractivity contribution in [3.63, 3.8) is 0 Å². The molecule has 0 unspecified atom stereocenters. The highest BCUT2D eigenvalue weighted by atomic mass is 32.1. The van der Waals surface area contributed by atoms with Crippen molar-refractivity contribution in [1.82, 2.24) is 34.9 Å². The molecule has 4 aromatic rings. The minimum Gasteiger partial charge on any atom is -0.244 e. The standard InChI is InChI=1S/C16H11N7S/c1-10-13(24-16(22-10)11-7-17-9-18-8-11)12-3-6-21-15(23-12)14-19-4-2-5-20-14/h2-9H,1H3. The second-order valence-corrected chi connectivity index (χ2v) is 5.90. The van der Waals surface area contributed by atoms with Crippen molar-refractivity contribution in [1.29, 1.82) is 0 Å². The highest BCUT2D eigenvalue weighted by Crippen LogP contribution is 2.33. The van der Waals surface area contributed by atoms with Crippen LogP contribution in [0.5, 0.6) is 0 Å². The zero-order valence-corrected chi connectivity index (χ0v) is 13.5. The molecule has 0 aromatic carbocycles. The van der Waals surface area contributed by atoms with Gasteiger partial charge < -0.3 is 0 Å². The van der Waals surface area contributed by atoms with Crippen molar-refractivity contribution in [2.45, 2.75) is 6.92 Å². The third-order valence-electron chi connectivity index (χ3n) is 3.26. The molecule has 0 fully saturated rings. The third kappa shape index (κ3) is 2.74. The predicted molar refractivity (Wildman–Crippen MR) is 89.9 cm³/mol. The van der Waals surface area contributed by atoms with Gasteiger partial charge in [-0.25, -0.2) is 34.9 Å². The summed E-state index contributed by atoms with van der Waals surface area (Å²) in [5.41, 5.74) is 2.58. The molecular formula is C16H11N7S. The molecule has 7 nitrogen and oxygen atoms in total. The zero-order chi connectivity index (χ0) is 16.4. The van der Waals surface area contributed by atoms with Crippen molar-refractivity contribution in [3.8, 4) is 32.8 Å². The Kier molecular flexibility index (Phi) is 3.72. The molecule has 0 aliphatic rings. The molecule has 0 amide bonds. The van der Waals surface area contributed by atoms with Gasteiger partial charge in [0.25, 0.3) is 0 Å². The maximum Gasteiger partial charge on any atom is 0.198 e. The predicted octanol–water partition coefficient (Wildman–Crippen LogP) is 2.82. The second kappa shape index (κ2) is 6.17. The number of hydrogen-bond donors (Lipinski definition) is 0. The van der Waals surface area contributed by atoms with E-state index in [-0.39, 0.29) is 0 Å². The van der Waals surface area contributed by atoms with E-state index in [1.807, 2.05) is 13.0 Å². The summed E-state index contributed by atoms with van der Waals surface area (Å²) in [6.07, 6.45) is 10.0. The smallest absolute Gasteiger partial charge is 0.198 e. The van der Waals surface area contributed by atoms with E-state index in [2.05, 4.69) is 34.9 Å². The first kappa shape index (κ1) is 14.5. The molecule has 4 rings (SSSR count). The molecule has 0 saturated heterocycles. The van der Waals surface area contributed by atoms with E-state index in [0.29, 0.717) is 11.6 Å². The van der Waals surface area contributed by atoms with E-state index in [4.69, 9.17) is 0 Å². The molecule has 0 N–H and O–H groups in total. The van der Waals surface area contributed by atoms with Crippen LogP contribution in [-0.4, -0.2) is 34.9 Å². The van der Waals surface area contributed by atoms with Gasteiger partial charge in [0.15, 0.2) is 11.6 Å². The lowest BCUT2D eigenvalue weighted by atomic mass is 10.3. The molecule has 0 spiro atoms. The van der Waals surface area contributed by atoms with Gasteiger partial charge in [-0.2, -0.15) is 0 Å². The van der Waals surface area contributed by atoms with Crippen LogP contribution in [-0.2, 0) is 0 Å². The maximum atomic E-state index is 4.61. The summed E-state index contributed by atoms with van der Waals surface area (Å²) in [7, 11) is 0. The monoisotopic (exact) mass is 333 g/mol. The molecule has 8 heteroatoms. The summed E-state index contributed by atoms with van der Waals surface area (Å²) in [6.45, 7) is 1.96. The van der Waals surface area contributed by atoms with Gasteiger partial charge in [-0.3, -0.25) is 0 Å². The Morgan fingerprint density at radius 1 is 0.875 bits per heavy atom. The number of nitrogens with zero attached hydrogens (tertiary/aromatic N) is 7. The average Bonchev–Trinajstić information content (AvgIpc) is 3.05. The van der Waals surface area contributed by atoms with Gasteiger partial charge >= 0.3 is 0 Å². The summed E-state index contributed by atoms with van der Waals surface area (Å²) >= 11 is 1.55. The lowest BCUT2D eigenvalue weighted by Gasteiger charge is -2.01. The molecule has 0 aliphatic carbocycles. The van der Waals surface area contributed by atoms with E-state index in [1.54, 1.807) is 48.4 Å². The fraction of sp³-hybridized carbons (Fsp3) is 0.0625. The number of hydrogen-bond acceptors (Lipinski definition) is 8. The van der Waals surface area contributed by atoms with Gasteiger partial charge in [0.05, 0.1) is 16.3 Å². The van der Waals surface area contributed by atoms with Crippen LogP contribution < -0.4 is 0 Å². The van der Waals surface area contributed by atoms with Crippen LogP contribution in [0.4, 0.5) is 0 Å². The molecular weight excluding hydrogens is 322 g/mol. The van der Waals surface area contributed by atoms with Crippen LogP contribution in [0.2, 0.25) is 0 Å². The lowest BCUT2D eigenvalue weighted by molar-refractivity contribution is 1.08. The minimum absolute atomic E-state index is 0.491. The Morgan fingerprint density at radius 2 is 1.62 bits per heavy atom.